The monoisotopic (exact) mass is 262 g/mol. The fraction of sp³-hybridized carbons (Fsp3) is 0.533. The molecule has 1 aliphatic carbocycles. The Balaban J connectivity index is 1.96. The molecule has 1 aliphatic rings. The zero-order valence-corrected chi connectivity index (χ0v) is 11.5. The number of halogens is 1. The molecule has 0 N–H and O–H groups in total. The third kappa shape index (κ3) is 2.03. The highest BCUT2D eigenvalue weighted by atomic mass is 35.5. The van der Waals surface area contributed by atoms with Gasteiger partial charge in [-0.1, -0.05) is 24.6 Å². The van der Waals surface area contributed by atoms with E-state index in [1.165, 1.54) is 35.9 Å². The van der Waals surface area contributed by atoms with Crippen molar-refractivity contribution in [3.05, 3.63) is 30.0 Å². The van der Waals surface area contributed by atoms with Crippen molar-refractivity contribution in [3.63, 3.8) is 0 Å². The smallest absolute Gasteiger partial charge is 0.0706 e. The predicted octanol–water partition coefficient (Wildman–Crippen LogP) is 4.01. The van der Waals surface area contributed by atoms with Gasteiger partial charge in [0, 0.05) is 17.3 Å². The summed E-state index contributed by atoms with van der Waals surface area (Å²) in [5, 5.41) is 6.41. The fourth-order valence-corrected chi connectivity index (χ4v) is 3.43. The number of fused-ring (bicyclic) bond motifs is 1. The molecule has 0 aliphatic heterocycles. The van der Waals surface area contributed by atoms with Crippen molar-refractivity contribution in [2.75, 3.05) is 0 Å². The number of alkyl halides is 1. The Labute approximate surface area is 113 Å². The van der Waals surface area contributed by atoms with Gasteiger partial charge in [0.15, 0.2) is 0 Å². The van der Waals surface area contributed by atoms with Crippen LogP contribution < -0.4 is 0 Å². The molecule has 1 heterocycles. The van der Waals surface area contributed by atoms with Crippen LogP contribution in [0.15, 0.2) is 24.3 Å². The summed E-state index contributed by atoms with van der Waals surface area (Å²) in [6.45, 7) is 3.07. The van der Waals surface area contributed by atoms with E-state index in [0.29, 0.717) is 11.3 Å². The maximum absolute atomic E-state index is 6.39. The Bertz CT molecular complexity index is 546. The minimum absolute atomic E-state index is 0.343. The lowest BCUT2D eigenvalue weighted by molar-refractivity contribution is 0.537. The minimum Gasteiger partial charge on any atom is -0.265 e. The second-order valence-corrected chi connectivity index (χ2v) is 5.75. The van der Waals surface area contributed by atoms with Gasteiger partial charge < -0.3 is 0 Å². The van der Waals surface area contributed by atoms with Crippen LogP contribution in [0.4, 0.5) is 0 Å². The van der Waals surface area contributed by atoms with Crippen molar-refractivity contribution >= 4 is 22.5 Å². The third-order valence-electron chi connectivity index (χ3n) is 4.06. The standard InChI is InChI=1S/C15H19ClN2/c1-2-18-15-9-4-3-7-12(15)14(17-18)10-11-6-5-8-13(11)16/h3-4,7,9,11,13H,2,5-6,8,10H2,1H3. The Morgan fingerprint density at radius 1 is 1.33 bits per heavy atom. The van der Waals surface area contributed by atoms with Crippen LogP contribution in [0.5, 0.6) is 0 Å². The molecule has 18 heavy (non-hydrogen) atoms. The van der Waals surface area contributed by atoms with Gasteiger partial charge in [-0.3, -0.25) is 4.68 Å². The topological polar surface area (TPSA) is 17.8 Å². The van der Waals surface area contributed by atoms with Gasteiger partial charge in [-0.05, 0) is 38.2 Å². The third-order valence-corrected chi connectivity index (χ3v) is 4.63. The molecule has 0 radical (unpaired) electrons. The minimum atomic E-state index is 0.343. The molecule has 0 saturated heterocycles. The van der Waals surface area contributed by atoms with E-state index in [0.717, 1.165) is 13.0 Å². The maximum atomic E-state index is 6.39. The van der Waals surface area contributed by atoms with Crippen LogP contribution in [0, 0.1) is 5.92 Å². The van der Waals surface area contributed by atoms with Crippen LogP contribution in [0.3, 0.4) is 0 Å². The zero-order chi connectivity index (χ0) is 12.5. The van der Waals surface area contributed by atoms with E-state index >= 15 is 0 Å². The van der Waals surface area contributed by atoms with Gasteiger partial charge in [0.1, 0.15) is 0 Å². The summed E-state index contributed by atoms with van der Waals surface area (Å²) >= 11 is 6.39. The van der Waals surface area contributed by atoms with Gasteiger partial charge in [0.2, 0.25) is 0 Å². The average Bonchev–Trinajstić information content (AvgIpc) is 2.95. The summed E-state index contributed by atoms with van der Waals surface area (Å²) in [6, 6.07) is 8.52. The van der Waals surface area contributed by atoms with Crippen molar-refractivity contribution in [1.29, 1.82) is 0 Å². The van der Waals surface area contributed by atoms with E-state index in [2.05, 4.69) is 35.9 Å². The molecule has 1 aromatic carbocycles. The molecule has 96 valence electrons. The quantitative estimate of drug-likeness (QED) is 0.765. The van der Waals surface area contributed by atoms with Crippen molar-refractivity contribution in [3.8, 4) is 0 Å². The average molecular weight is 263 g/mol. The SMILES string of the molecule is CCn1nc(CC2CCCC2Cl)c2ccccc21. The Kier molecular flexibility index (Phi) is 3.29. The normalized spacial score (nSPS) is 23.9. The molecule has 2 aromatic rings. The van der Waals surface area contributed by atoms with Crippen molar-refractivity contribution in [2.45, 2.75) is 44.5 Å². The second-order valence-electron chi connectivity index (χ2n) is 5.19. The summed E-state index contributed by atoms with van der Waals surface area (Å²) in [4.78, 5) is 0. The van der Waals surface area contributed by atoms with Crippen LogP contribution in [0.25, 0.3) is 10.9 Å². The summed E-state index contributed by atoms with van der Waals surface area (Å²) in [5.41, 5.74) is 2.48. The lowest BCUT2D eigenvalue weighted by atomic mass is 9.99. The molecule has 0 bridgehead atoms. The molecule has 0 amide bonds. The van der Waals surface area contributed by atoms with Gasteiger partial charge in [0.05, 0.1) is 11.2 Å². The van der Waals surface area contributed by atoms with Crippen LogP contribution in [-0.2, 0) is 13.0 Å². The molecule has 2 unspecified atom stereocenters. The highest BCUT2D eigenvalue weighted by Gasteiger charge is 2.27. The Hall–Kier alpha value is -1.02. The van der Waals surface area contributed by atoms with Crippen LogP contribution in [0.2, 0.25) is 0 Å². The first kappa shape index (κ1) is 12.0. The van der Waals surface area contributed by atoms with Crippen LogP contribution in [-0.4, -0.2) is 15.2 Å². The Morgan fingerprint density at radius 3 is 2.89 bits per heavy atom. The first-order valence-corrected chi connectivity index (χ1v) is 7.31. The number of benzene rings is 1. The highest BCUT2D eigenvalue weighted by molar-refractivity contribution is 6.20. The molecular weight excluding hydrogens is 244 g/mol. The van der Waals surface area contributed by atoms with E-state index in [1.54, 1.807) is 0 Å². The lowest BCUT2D eigenvalue weighted by Crippen LogP contribution is -2.11. The number of rotatable bonds is 3. The second kappa shape index (κ2) is 4.93. The van der Waals surface area contributed by atoms with E-state index in [1.807, 2.05) is 0 Å². The molecule has 1 fully saturated rings. The Morgan fingerprint density at radius 2 is 2.17 bits per heavy atom. The van der Waals surface area contributed by atoms with E-state index in [9.17, 15) is 0 Å². The van der Waals surface area contributed by atoms with Crippen molar-refractivity contribution in [1.82, 2.24) is 9.78 Å². The van der Waals surface area contributed by atoms with Gasteiger partial charge in [-0.25, -0.2) is 0 Å². The number of para-hydroxylation sites is 1. The van der Waals surface area contributed by atoms with Gasteiger partial charge in [-0.15, -0.1) is 11.6 Å². The van der Waals surface area contributed by atoms with E-state index in [4.69, 9.17) is 16.7 Å². The van der Waals surface area contributed by atoms with Gasteiger partial charge in [0.25, 0.3) is 0 Å². The lowest BCUT2D eigenvalue weighted by Gasteiger charge is -2.11. The molecule has 2 atom stereocenters. The van der Waals surface area contributed by atoms with Crippen LogP contribution in [0.1, 0.15) is 31.9 Å². The first-order chi connectivity index (χ1) is 8.79. The molecule has 0 spiro atoms. The number of nitrogens with zero attached hydrogens (tertiary/aromatic N) is 2. The molecule has 2 nitrogen and oxygen atoms in total. The number of hydrogen-bond acceptors (Lipinski definition) is 1. The first-order valence-electron chi connectivity index (χ1n) is 6.88. The van der Waals surface area contributed by atoms with Crippen molar-refractivity contribution < 1.29 is 0 Å². The summed E-state index contributed by atoms with van der Waals surface area (Å²) in [7, 11) is 0. The largest absolute Gasteiger partial charge is 0.265 e. The molecule has 3 rings (SSSR count). The molecular formula is C15H19ClN2. The summed E-state index contributed by atoms with van der Waals surface area (Å²) < 4.78 is 2.10. The fourth-order valence-electron chi connectivity index (χ4n) is 3.06. The summed E-state index contributed by atoms with van der Waals surface area (Å²) in [6.07, 6.45) is 4.72. The molecule has 1 aromatic heterocycles. The van der Waals surface area contributed by atoms with E-state index < -0.39 is 0 Å². The van der Waals surface area contributed by atoms with E-state index in [-0.39, 0.29) is 0 Å². The molecule has 3 heteroatoms. The number of hydrogen-bond donors (Lipinski definition) is 0. The highest BCUT2D eigenvalue weighted by Crippen LogP contribution is 2.33. The number of aromatic nitrogens is 2. The van der Waals surface area contributed by atoms with Crippen LogP contribution >= 0.6 is 11.6 Å². The maximum Gasteiger partial charge on any atom is 0.0706 e. The number of aryl methyl sites for hydroxylation is 1. The van der Waals surface area contributed by atoms with Gasteiger partial charge >= 0.3 is 0 Å². The van der Waals surface area contributed by atoms with Crippen molar-refractivity contribution in [2.24, 2.45) is 5.92 Å². The van der Waals surface area contributed by atoms with Gasteiger partial charge in [-0.2, -0.15) is 5.10 Å². The molecule has 1 saturated carbocycles. The predicted molar refractivity (Wildman–Crippen MR) is 76.1 cm³/mol. The zero-order valence-electron chi connectivity index (χ0n) is 10.8. The summed E-state index contributed by atoms with van der Waals surface area (Å²) in [5.74, 6) is 0.607.